The number of carbonyl (C=O) groups is 1. The lowest BCUT2D eigenvalue weighted by molar-refractivity contribution is -0.132. The van der Waals surface area contributed by atoms with Gasteiger partial charge in [0.1, 0.15) is 5.82 Å². The van der Waals surface area contributed by atoms with Gasteiger partial charge in [0.25, 0.3) is 0 Å². The quantitative estimate of drug-likeness (QED) is 0.600. The lowest BCUT2D eigenvalue weighted by Gasteiger charge is -2.06. The van der Waals surface area contributed by atoms with Gasteiger partial charge in [-0.1, -0.05) is 18.2 Å². The van der Waals surface area contributed by atoms with Gasteiger partial charge < -0.3 is 4.74 Å². The molecule has 2 aromatic rings. The van der Waals surface area contributed by atoms with E-state index in [2.05, 4.69) is 4.74 Å². The van der Waals surface area contributed by atoms with Crippen molar-refractivity contribution in [1.82, 2.24) is 0 Å². The van der Waals surface area contributed by atoms with Crippen molar-refractivity contribution in [2.45, 2.75) is 6.92 Å². The van der Waals surface area contributed by atoms with Gasteiger partial charge in [0.05, 0.1) is 0 Å². The molecule has 0 aliphatic rings. The van der Waals surface area contributed by atoms with E-state index < -0.39 is 11.8 Å². The molecular weight excluding hydrogens is 238 g/mol. The average molecular weight is 248 g/mol. The summed E-state index contributed by atoms with van der Waals surface area (Å²) in [5.41, 5.74) is 1.27. The van der Waals surface area contributed by atoms with Gasteiger partial charge in [0, 0.05) is 6.92 Å². The lowest BCUT2D eigenvalue weighted by Crippen LogP contribution is -2.03. The van der Waals surface area contributed by atoms with Crippen LogP contribution in [0.4, 0.5) is 8.78 Å². The average Bonchev–Trinajstić information content (AvgIpc) is 2.32. The number of halogens is 2. The van der Waals surface area contributed by atoms with Crippen molar-refractivity contribution in [3.8, 4) is 16.9 Å². The zero-order valence-corrected chi connectivity index (χ0v) is 9.61. The van der Waals surface area contributed by atoms with Gasteiger partial charge in [-0.3, -0.25) is 4.79 Å². The normalized spacial score (nSPS) is 10.2. The third kappa shape index (κ3) is 2.71. The van der Waals surface area contributed by atoms with Crippen LogP contribution in [0.25, 0.3) is 11.1 Å². The second kappa shape index (κ2) is 4.96. The minimum atomic E-state index is -0.632. The van der Waals surface area contributed by atoms with Gasteiger partial charge >= 0.3 is 5.97 Å². The first kappa shape index (κ1) is 12.2. The van der Waals surface area contributed by atoms with Crippen molar-refractivity contribution in [1.29, 1.82) is 0 Å². The summed E-state index contributed by atoms with van der Waals surface area (Å²) >= 11 is 0. The summed E-state index contributed by atoms with van der Waals surface area (Å²) in [6.45, 7) is 1.20. The molecule has 2 aromatic carbocycles. The first-order valence-corrected chi connectivity index (χ1v) is 5.30. The van der Waals surface area contributed by atoms with Gasteiger partial charge in [-0.15, -0.1) is 0 Å². The van der Waals surface area contributed by atoms with E-state index >= 15 is 0 Å². The van der Waals surface area contributed by atoms with Crippen LogP contribution in [0, 0.1) is 11.6 Å². The van der Waals surface area contributed by atoms with Crippen molar-refractivity contribution in [3.63, 3.8) is 0 Å². The molecule has 0 saturated heterocycles. The van der Waals surface area contributed by atoms with Crippen LogP contribution in [0.3, 0.4) is 0 Å². The van der Waals surface area contributed by atoms with Crippen molar-refractivity contribution in [3.05, 3.63) is 54.1 Å². The van der Waals surface area contributed by atoms with E-state index in [1.54, 1.807) is 18.2 Å². The molecule has 0 bridgehead atoms. The Hall–Kier alpha value is -2.23. The van der Waals surface area contributed by atoms with Crippen LogP contribution in [-0.4, -0.2) is 5.97 Å². The molecule has 2 nitrogen and oxygen atoms in total. The molecular formula is C14H10F2O2. The zero-order chi connectivity index (χ0) is 13.1. The van der Waals surface area contributed by atoms with Crippen molar-refractivity contribution < 1.29 is 18.3 Å². The molecule has 0 saturated carbocycles. The Morgan fingerprint density at radius 1 is 1.00 bits per heavy atom. The predicted molar refractivity (Wildman–Crippen MR) is 63.1 cm³/mol. The van der Waals surface area contributed by atoms with Gasteiger partial charge in [-0.05, 0) is 35.4 Å². The Bertz CT molecular complexity index is 577. The van der Waals surface area contributed by atoms with Gasteiger partial charge in [0.2, 0.25) is 0 Å². The number of rotatable bonds is 2. The number of hydrogen-bond donors (Lipinski definition) is 0. The standard InChI is InChI=1S/C14H10F2O2/c1-9(17)18-14-7-4-11(8-13(14)16)10-2-5-12(15)6-3-10/h2-8H,1H3. The van der Waals surface area contributed by atoms with Gasteiger partial charge in [-0.2, -0.15) is 0 Å². The molecule has 0 spiro atoms. The molecule has 0 N–H and O–H groups in total. The second-order valence-electron chi connectivity index (χ2n) is 3.75. The molecule has 0 unspecified atom stereocenters. The van der Waals surface area contributed by atoms with E-state index in [4.69, 9.17) is 0 Å². The summed E-state index contributed by atoms with van der Waals surface area (Å²) < 4.78 is 31.1. The summed E-state index contributed by atoms with van der Waals surface area (Å²) in [6, 6.07) is 9.92. The Balaban J connectivity index is 2.33. The molecule has 0 radical (unpaired) electrons. The summed E-state index contributed by atoms with van der Waals surface area (Å²) in [7, 11) is 0. The maximum Gasteiger partial charge on any atom is 0.308 e. The number of benzene rings is 2. The Labute approximate surface area is 103 Å². The number of ether oxygens (including phenoxy) is 1. The van der Waals surface area contributed by atoms with Crippen molar-refractivity contribution >= 4 is 5.97 Å². The summed E-state index contributed by atoms with van der Waals surface area (Å²) in [5, 5.41) is 0. The lowest BCUT2D eigenvalue weighted by atomic mass is 10.1. The highest BCUT2D eigenvalue weighted by molar-refractivity contribution is 5.70. The van der Waals surface area contributed by atoms with Gasteiger partial charge in [-0.25, -0.2) is 8.78 Å². The van der Waals surface area contributed by atoms with E-state index in [0.29, 0.717) is 11.1 Å². The third-order valence-electron chi connectivity index (χ3n) is 2.36. The minimum absolute atomic E-state index is 0.117. The molecule has 2 rings (SSSR count). The van der Waals surface area contributed by atoms with Crippen LogP contribution in [0.15, 0.2) is 42.5 Å². The van der Waals surface area contributed by atoms with Crippen molar-refractivity contribution in [2.75, 3.05) is 0 Å². The fourth-order valence-electron chi connectivity index (χ4n) is 1.56. The third-order valence-corrected chi connectivity index (χ3v) is 2.36. The zero-order valence-electron chi connectivity index (χ0n) is 9.61. The molecule has 4 heteroatoms. The highest BCUT2D eigenvalue weighted by Gasteiger charge is 2.08. The number of esters is 1. The van der Waals surface area contributed by atoms with Crippen LogP contribution < -0.4 is 4.74 Å². The number of hydrogen-bond acceptors (Lipinski definition) is 2. The molecule has 0 amide bonds. The van der Waals surface area contributed by atoms with Crippen LogP contribution >= 0.6 is 0 Å². The summed E-state index contributed by atoms with van der Waals surface area (Å²) in [4.78, 5) is 10.7. The largest absolute Gasteiger partial charge is 0.424 e. The van der Waals surface area contributed by atoms with E-state index in [0.717, 1.165) is 0 Å². The van der Waals surface area contributed by atoms with E-state index in [9.17, 15) is 13.6 Å². The van der Waals surface area contributed by atoms with Crippen LogP contribution in [0.5, 0.6) is 5.75 Å². The maximum absolute atomic E-state index is 13.6. The molecule has 0 fully saturated rings. The summed E-state index contributed by atoms with van der Waals surface area (Å²) in [6.07, 6.45) is 0. The molecule has 0 atom stereocenters. The second-order valence-corrected chi connectivity index (χ2v) is 3.75. The highest BCUT2D eigenvalue weighted by atomic mass is 19.1. The number of carbonyl (C=O) groups excluding carboxylic acids is 1. The predicted octanol–water partition coefficient (Wildman–Crippen LogP) is 3.56. The van der Waals surface area contributed by atoms with E-state index in [-0.39, 0.29) is 11.6 Å². The molecule has 0 aliphatic carbocycles. The van der Waals surface area contributed by atoms with Crippen LogP contribution in [0.1, 0.15) is 6.92 Å². The van der Waals surface area contributed by atoms with Crippen LogP contribution in [-0.2, 0) is 4.79 Å². The molecule has 0 aromatic heterocycles. The molecule has 92 valence electrons. The van der Waals surface area contributed by atoms with Crippen LogP contribution in [0.2, 0.25) is 0 Å². The summed E-state index contributed by atoms with van der Waals surface area (Å²) in [5.74, 6) is -1.68. The first-order valence-electron chi connectivity index (χ1n) is 5.30. The Morgan fingerprint density at radius 2 is 1.61 bits per heavy atom. The molecule has 0 aliphatic heterocycles. The van der Waals surface area contributed by atoms with Crippen molar-refractivity contribution in [2.24, 2.45) is 0 Å². The monoisotopic (exact) mass is 248 g/mol. The Kier molecular flexibility index (Phi) is 3.37. The first-order chi connectivity index (χ1) is 8.56. The molecule has 0 heterocycles. The maximum atomic E-state index is 13.6. The molecule has 18 heavy (non-hydrogen) atoms. The smallest absolute Gasteiger partial charge is 0.308 e. The van der Waals surface area contributed by atoms with Gasteiger partial charge in [0.15, 0.2) is 11.6 Å². The Morgan fingerprint density at radius 3 is 2.17 bits per heavy atom. The van der Waals surface area contributed by atoms with E-state index in [1.807, 2.05) is 0 Å². The highest BCUT2D eigenvalue weighted by Crippen LogP contribution is 2.25. The minimum Gasteiger partial charge on any atom is -0.424 e. The fourth-order valence-corrected chi connectivity index (χ4v) is 1.56. The van der Waals surface area contributed by atoms with E-state index in [1.165, 1.54) is 31.2 Å². The topological polar surface area (TPSA) is 26.3 Å². The fraction of sp³-hybridized carbons (Fsp3) is 0.0714. The SMILES string of the molecule is CC(=O)Oc1ccc(-c2ccc(F)cc2)cc1F.